The predicted molar refractivity (Wildman–Crippen MR) is 76.7 cm³/mol. The number of rotatable bonds is 3. The Kier molecular flexibility index (Phi) is 3.68. The molecule has 2 heteroatoms. The van der Waals surface area contributed by atoms with Gasteiger partial charge in [0, 0.05) is 0 Å². The first-order chi connectivity index (χ1) is 8.06. The summed E-state index contributed by atoms with van der Waals surface area (Å²) in [5, 5.41) is 2.67. The topological polar surface area (TPSA) is 26.0 Å². The molecule has 0 aliphatic heterocycles. The average molecular weight is 290 g/mol. The molecule has 0 fully saturated rings. The summed E-state index contributed by atoms with van der Waals surface area (Å²) in [5.41, 5.74) is 5.72. The van der Waals surface area contributed by atoms with E-state index in [1.807, 2.05) is 13.8 Å². The van der Waals surface area contributed by atoms with E-state index >= 15 is 0 Å². The van der Waals surface area contributed by atoms with Crippen molar-refractivity contribution in [1.29, 1.82) is 0 Å². The fraction of sp³-hybridized carbons (Fsp3) is 0.200. The van der Waals surface area contributed by atoms with E-state index in [2.05, 4.69) is 53.5 Å². The van der Waals surface area contributed by atoms with Crippen LogP contribution in [0, 0.1) is 0 Å². The van der Waals surface area contributed by atoms with Crippen LogP contribution in [0.1, 0.15) is 13.8 Å². The Morgan fingerprint density at radius 1 is 1.06 bits per heavy atom. The van der Waals surface area contributed by atoms with Crippen LogP contribution in [0.25, 0.3) is 10.8 Å². The van der Waals surface area contributed by atoms with Crippen LogP contribution in [-0.2, 0) is 0 Å². The van der Waals surface area contributed by atoms with Gasteiger partial charge in [0.15, 0.2) is 0 Å². The third-order valence-corrected chi connectivity index (χ3v) is 4.29. The van der Waals surface area contributed by atoms with E-state index in [1.165, 1.54) is 15.2 Å². The first-order valence-corrected chi connectivity index (χ1v) is 7.52. The van der Waals surface area contributed by atoms with Crippen molar-refractivity contribution < 1.29 is 0 Å². The molecule has 0 saturated heterocycles. The van der Waals surface area contributed by atoms with Gasteiger partial charge in [0.25, 0.3) is 0 Å². The van der Waals surface area contributed by atoms with Gasteiger partial charge in [-0.2, -0.15) is 0 Å². The number of hydrogen-bond donors (Lipinski definition) is 1. The average Bonchev–Trinajstić information content (AvgIpc) is 2.28. The molecule has 0 aliphatic rings. The second kappa shape index (κ2) is 5.05. The summed E-state index contributed by atoms with van der Waals surface area (Å²) in [6.07, 6.45) is 2.09. The minimum atomic E-state index is -0.216. The maximum absolute atomic E-state index is 5.94. The second-order valence-corrected chi connectivity index (χ2v) is 6.71. The molecule has 0 unspecified atom stereocenters. The molecule has 0 bridgehead atoms. The van der Waals surface area contributed by atoms with Crippen molar-refractivity contribution in [3.05, 3.63) is 53.5 Å². The predicted octanol–water partition coefficient (Wildman–Crippen LogP) is 2.42. The first-order valence-electron chi connectivity index (χ1n) is 5.67. The van der Waals surface area contributed by atoms with Gasteiger partial charge < -0.3 is 0 Å². The molecule has 0 amide bonds. The van der Waals surface area contributed by atoms with Crippen LogP contribution >= 0.6 is 0 Å². The SMILES string of the molecule is CC(C)(N)/C=C/[Se]c1cccc2ccccc12. The molecule has 2 rings (SSSR count). The Balaban J connectivity index is 2.28. The van der Waals surface area contributed by atoms with Crippen LogP contribution in [0.3, 0.4) is 0 Å². The fourth-order valence-electron chi connectivity index (χ4n) is 1.58. The maximum atomic E-state index is 5.94. The molecule has 0 aliphatic carbocycles. The van der Waals surface area contributed by atoms with Crippen LogP contribution in [0.5, 0.6) is 0 Å². The Labute approximate surface area is 109 Å². The van der Waals surface area contributed by atoms with Gasteiger partial charge in [-0.05, 0) is 0 Å². The van der Waals surface area contributed by atoms with Crippen molar-refractivity contribution >= 4 is 30.2 Å². The van der Waals surface area contributed by atoms with Crippen molar-refractivity contribution in [3.63, 3.8) is 0 Å². The quantitative estimate of drug-likeness (QED) is 0.863. The monoisotopic (exact) mass is 291 g/mol. The third kappa shape index (κ3) is 3.44. The Bertz CT molecular complexity index is 533. The van der Waals surface area contributed by atoms with Gasteiger partial charge >= 0.3 is 109 Å². The molecular formula is C15H17NSe. The molecular weight excluding hydrogens is 273 g/mol. The van der Waals surface area contributed by atoms with E-state index in [0.29, 0.717) is 15.0 Å². The molecule has 0 aromatic heterocycles. The van der Waals surface area contributed by atoms with Crippen molar-refractivity contribution in [2.45, 2.75) is 19.4 Å². The molecule has 88 valence electrons. The van der Waals surface area contributed by atoms with Gasteiger partial charge in [0.05, 0.1) is 0 Å². The van der Waals surface area contributed by atoms with E-state index in [0.717, 1.165) is 0 Å². The van der Waals surface area contributed by atoms with Gasteiger partial charge in [-0.1, -0.05) is 0 Å². The summed E-state index contributed by atoms with van der Waals surface area (Å²) >= 11 is 0.345. The summed E-state index contributed by atoms with van der Waals surface area (Å²) in [5.74, 6) is 0. The summed E-state index contributed by atoms with van der Waals surface area (Å²) in [6, 6.07) is 15.0. The van der Waals surface area contributed by atoms with Crippen LogP contribution in [0.4, 0.5) is 0 Å². The van der Waals surface area contributed by atoms with Gasteiger partial charge in [-0.15, -0.1) is 0 Å². The van der Waals surface area contributed by atoms with Crippen LogP contribution in [0.15, 0.2) is 53.5 Å². The second-order valence-electron chi connectivity index (χ2n) is 4.72. The van der Waals surface area contributed by atoms with Gasteiger partial charge in [0.1, 0.15) is 0 Å². The molecule has 2 N–H and O–H groups in total. The molecule has 0 spiro atoms. The summed E-state index contributed by atoms with van der Waals surface area (Å²) in [6.45, 7) is 4.03. The van der Waals surface area contributed by atoms with Crippen LogP contribution < -0.4 is 10.2 Å². The molecule has 1 nitrogen and oxygen atoms in total. The van der Waals surface area contributed by atoms with E-state index in [4.69, 9.17) is 5.73 Å². The molecule has 0 saturated carbocycles. The molecule has 0 radical (unpaired) electrons. The zero-order valence-electron chi connectivity index (χ0n) is 10.2. The third-order valence-electron chi connectivity index (χ3n) is 2.44. The zero-order valence-corrected chi connectivity index (χ0v) is 11.9. The molecule has 0 heterocycles. The number of benzene rings is 2. The van der Waals surface area contributed by atoms with Crippen molar-refractivity contribution in [1.82, 2.24) is 0 Å². The van der Waals surface area contributed by atoms with Crippen LogP contribution in [0.2, 0.25) is 0 Å². The summed E-state index contributed by atoms with van der Waals surface area (Å²) in [7, 11) is 0. The van der Waals surface area contributed by atoms with Crippen LogP contribution in [-0.4, -0.2) is 20.5 Å². The minimum absolute atomic E-state index is 0.216. The molecule has 0 atom stereocenters. The number of hydrogen-bond acceptors (Lipinski definition) is 1. The molecule has 17 heavy (non-hydrogen) atoms. The van der Waals surface area contributed by atoms with Crippen molar-refractivity contribution in [2.75, 3.05) is 0 Å². The fourth-order valence-corrected chi connectivity index (χ4v) is 3.75. The van der Waals surface area contributed by atoms with Gasteiger partial charge in [0.2, 0.25) is 0 Å². The first kappa shape index (κ1) is 12.4. The van der Waals surface area contributed by atoms with Gasteiger partial charge in [-0.3, -0.25) is 0 Å². The number of nitrogens with two attached hydrogens (primary N) is 1. The number of fused-ring (bicyclic) bond motifs is 1. The Morgan fingerprint density at radius 2 is 1.76 bits per heavy atom. The Hall–Kier alpha value is -1.08. The normalized spacial score (nSPS) is 12.4. The molecule has 2 aromatic carbocycles. The molecule has 2 aromatic rings. The van der Waals surface area contributed by atoms with Gasteiger partial charge in [-0.25, -0.2) is 0 Å². The van der Waals surface area contributed by atoms with E-state index in [-0.39, 0.29) is 5.54 Å². The Morgan fingerprint density at radius 3 is 2.53 bits per heavy atom. The van der Waals surface area contributed by atoms with Crippen molar-refractivity contribution in [2.24, 2.45) is 5.73 Å². The van der Waals surface area contributed by atoms with E-state index in [1.54, 1.807) is 0 Å². The van der Waals surface area contributed by atoms with E-state index < -0.39 is 0 Å². The van der Waals surface area contributed by atoms with E-state index in [9.17, 15) is 0 Å². The van der Waals surface area contributed by atoms with Crippen molar-refractivity contribution in [3.8, 4) is 0 Å². The zero-order chi connectivity index (χ0) is 12.3. The summed E-state index contributed by atoms with van der Waals surface area (Å²) in [4.78, 5) is 2.22. The summed E-state index contributed by atoms with van der Waals surface area (Å²) < 4.78 is 1.41. The standard InChI is InChI=1S/C15H17NSe/c1-15(2,16)10-11-17-14-9-5-7-12-6-3-4-8-13(12)14/h3-11H,16H2,1-2H3/b11-10+.